The maximum Gasteiger partial charge on any atom is 0 e. The van der Waals surface area contributed by atoms with Crippen LogP contribution < -0.4 is 0 Å². The van der Waals surface area contributed by atoms with E-state index in [2.05, 4.69) is 0 Å². The minimum atomic E-state index is 0. The van der Waals surface area contributed by atoms with Crippen LogP contribution in [-0.4, -0.2) is 24.7 Å². The summed E-state index contributed by atoms with van der Waals surface area (Å²) < 4.78 is 8.39. The molecule has 0 aromatic carbocycles. The molecule has 0 fully saturated rings. The SMILES string of the molecule is [Hf].[O]=[BiH].[Zr]. The Labute approximate surface area is 78.1 Å². The van der Waals surface area contributed by atoms with Crippen LogP contribution in [0.3, 0.4) is 0 Å². The second-order valence-corrected chi connectivity index (χ2v) is 0. The zero-order valence-corrected chi connectivity index (χ0v) is 11.8. The van der Waals surface area contributed by atoms with Gasteiger partial charge in [-0.25, -0.2) is 0 Å². The molecule has 0 rings (SSSR count). The normalized spacial score (nSPS) is 1.00. The van der Waals surface area contributed by atoms with Crippen LogP contribution >= 0.6 is 0 Å². The van der Waals surface area contributed by atoms with Crippen molar-refractivity contribution in [1.29, 1.82) is 0 Å². The fraction of sp³-hybridized carbons (Fsp3) is 0. The maximum absolute atomic E-state index is 8.39. The van der Waals surface area contributed by atoms with Crippen LogP contribution in [0.5, 0.6) is 0 Å². The Morgan fingerprint density at radius 3 is 1.25 bits per heavy atom. The first-order valence-electron chi connectivity index (χ1n) is 0.204. The van der Waals surface area contributed by atoms with E-state index in [-0.39, 0.29) is 76.8 Å². The molecule has 0 atom stereocenters. The first-order chi connectivity index (χ1) is 1.00. The van der Waals surface area contributed by atoms with Crippen molar-refractivity contribution < 1.29 is 54.9 Å². The molecule has 0 amide bonds. The van der Waals surface area contributed by atoms with Gasteiger partial charge in [-0.2, -0.15) is 0 Å². The van der Waals surface area contributed by atoms with Crippen molar-refractivity contribution in [3.8, 4) is 0 Å². The van der Waals surface area contributed by atoms with Crippen molar-refractivity contribution in [2.75, 3.05) is 0 Å². The molecular weight excluding hydrogens is 495 g/mol. The fourth-order valence-corrected chi connectivity index (χ4v) is 0. The summed E-state index contributed by atoms with van der Waals surface area (Å²) >= 11 is 0.0556. The molecule has 0 spiro atoms. The molecule has 0 saturated carbocycles. The van der Waals surface area contributed by atoms with Crippen LogP contribution in [0.25, 0.3) is 0 Å². The van der Waals surface area contributed by atoms with E-state index in [1.807, 2.05) is 0 Å². The molecule has 0 bridgehead atoms. The van der Waals surface area contributed by atoms with Crippen LogP contribution in [-0.2, 0) is 54.9 Å². The van der Waals surface area contributed by atoms with E-state index in [1.54, 1.807) is 0 Å². The topological polar surface area (TPSA) is 17.1 Å². The molecule has 0 heterocycles. The summed E-state index contributed by atoms with van der Waals surface area (Å²) in [7, 11) is 0. The summed E-state index contributed by atoms with van der Waals surface area (Å²) in [5, 5.41) is 0. The molecular formula is HBiHfOZr. The summed E-state index contributed by atoms with van der Waals surface area (Å²) in [6, 6.07) is 0. The quantitative estimate of drug-likeness (QED) is 0.404. The Balaban J connectivity index is -0.00000000500. The summed E-state index contributed by atoms with van der Waals surface area (Å²) in [6.45, 7) is 0. The van der Waals surface area contributed by atoms with Crippen molar-refractivity contribution in [3.05, 3.63) is 0 Å². The van der Waals surface area contributed by atoms with Gasteiger partial charge in [-0.1, -0.05) is 0 Å². The Morgan fingerprint density at radius 1 is 1.25 bits per heavy atom. The third-order valence-corrected chi connectivity index (χ3v) is 0. The molecule has 0 unspecified atom stereocenters. The van der Waals surface area contributed by atoms with Crippen LogP contribution in [0.1, 0.15) is 0 Å². The van der Waals surface area contributed by atoms with Gasteiger partial charge in [0.15, 0.2) is 0 Å². The van der Waals surface area contributed by atoms with E-state index in [0.29, 0.717) is 0 Å². The molecule has 4 heteroatoms. The third kappa shape index (κ3) is 8.83. The van der Waals surface area contributed by atoms with Crippen LogP contribution in [0.4, 0.5) is 0 Å². The Morgan fingerprint density at radius 2 is 1.25 bits per heavy atom. The molecule has 0 saturated heterocycles. The van der Waals surface area contributed by atoms with Crippen LogP contribution in [0, 0.1) is 0 Å². The van der Waals surface area contributed by atoms with Gasteiger partial charge in [0.05, 0.1) is 0 Å². The van der Waals surface area contributed by atoms with Gasteiger partial charge >= 0.3 is 27.5 Å². The maximum atomic E-state index is 8.39. The Kier molecular flexibility index (Phi) is 72.6. The second kappa shape index (κ2) is 18.0. The molecule has 0 N–H and O–H groups in total. The van der Waals surface area contributed by atoms with E-state index in [9.17, 15) is 0 Å². The first kappa shape index (κ1) is 16.1. The monoisotopic (exact) mass is 496 g/mol. The fourth-order valence-electron chi connectivity index (χ4n) is 0. The van der Waals surface area contributed by atoms with Crippen molar-refractivity contribution in [2.24, 2.45) is 0 Å². The average molecular weight is 496 g/mol. The van der Waals surface area contributed by atoms with Gasteiger partial charge in [0.2, 0.25) is 0 Å². The minimum absolute atomic E-state index is 0. The summed E-state index contributed by atoms with van der Waals surface area (Å²) in [5.41, 5.74) is 0. The number of hydrogen-bond acceptors (Lipinski definition) is 1. The minimum Gasteiger partial charge on any atom is 0 e. The van der Waals surface area contributed by atoms with Gasteiger partial charge in [0, 0.05) is 52.0 Å². The standard InChI is InChI=1S/Bi.Hf.O.Zr.H. The molecule has 0 aromatic heterocycles. The summed E-state index contributed by atoms with van der Waals surface area (Å²) in [6.07, 6.45) is 0. The van der Waals surface area contributed by atoms with Gasteiger partial charge in [-0.15, -0.1) is 0 Å². The largest absolute Gasteiger partial charge is 0 e. The van der Waals surface area contributed by atoms with Gasteiger partial charge in [0.25, 0.3) is 0 Å². The van der Waals surface area contributed by atoms with Gasteiger partial charge in [-0.05, 0) is 0 Å². The third-order valence-electron chi connectivity index (χ3n) is 0. The number of rotatable bonds is 0. The molecule has 0 radical (unpaired) electrons. The van der Waals surface area contributed by atoms with E-state index < -0.39 is 0 Å². The van der Waals surface area contributed by atoms with Gasteiger partial charge in [-0.3, -0.25) is 0 Å². The van der Waals surface area contributed by atoms with Crippen molar-refractivity contribution in [3.63, 3.8) is 0 Å². The molecule has 1 nitrogen and oxygen atoms in total. The zero-order chi connectivity index (χ0) is 2.00. The van der Waals surface area contributed by atoms with E-state index in [1.165, 1.54) is 0 Å². The Bertz CT molecular complexity index is 8.00. The van der Waals surface area contributed by atoms with Gasteiger partial charge in [0.1, 0.15) is 0 Å². The average Bonchev–Trinajstić information content (AvgIpc) is 1.00. The molecule has 4 heavy (non-hydrogen) atoms. The summed E-state index contributed by atoms with van der Waals surface area (Å²) in [5.74, 6) is 0. The van der Waals surface area contributed by atoms with Crippen LogP contribution in [0.2, 0.25) is 0 Å². The molecule has 0 aromatic rings. The molecule has 0 aliphatic heterocycles. The predicted octanol–water partition coefficient (Wildman–Crippen LogP) is -0.772. The Hall–Kier alpha value is 2.44. The number of hydrogen-bond donors (Lipinski definition) is 0. The van der Waals surface area contributed by atoms with Gasteiger partial charge < -0.3 is 0 Å². The smallest absolute Gasteiger partial charge is 0 e. The molecule has 0 aliphatic rings. The zero-order valence-electron chi connectivity index (χ0n) is 1.91. The molecule has 0 aliphatic carbocycles. The predicted molar refractivity (Wildman–Crippen MR) is 7.84 cm³/mol. The van der Waals surface area contributed by atoms with E-state index in [4.69, 9.17) is 2.81 Å². The van der Waals surface area contributed by atoms with Crippen molar-refractivity contribution in [2.45, 2.75) is 0 Å². The van der Waals surface area contributed by atoms with E-state index >= 15 is 0 Å². The van der Waals surface area contributed by atoms with Crippen molar-refractivity contribution in [1.82, 2.24) is 0 Å². The second-order valence-electron chi connectivity index (χ2n) is 0. The summed E-state index contributed by atoms with van der Waals surface area (Å²) in [4.78, 5) is 0. The van der Waals surface area contributed by atoms with E-state index in [0.717, 1.165) is 0 Å². The first-order valence-corrected chi connectivity index (χ1v) is 1.79. The van der Waals surface area contributed by atoms with Crippen molar-refractivity contribution >= 4 is 24.7 Å². The van der Waals surface area contributed by atoms with Crippen LogP contribution in [0.15, 0.2) is 0 Å². The molecule has 20 valence electrons.